The van der Waals surface area contributed by atoms with Crippen LogP contribution in [0.4, 0.5) is 0 Å². The first-order valence-corrected chi connectivity index (χ1v) is 7.63. The lowest BCUT2D eigenvalue weighted by Gasteiger charge is -2.38. The third kappa shape index (κ3) is 2.86. The van der Waals surface area contributed by atoms with Gasteiger partial charge < -0.3 is 18.6 Å². The van der Waals surface area contributed by atoms with Gasteiger partial charge in [-0.25, -0.2) is 4.79 Å². The molecular formula is C16H16N2O5. The fraction of sp³-hybridized carbons (Fsp3) is 0.438. The van der Waals surface area contributed by atoms with E-state index in [0.717, 1.165) is 18.6 Å². The van der Waals surface area contributed by atoms with Gasteiger partial charge in [0.2, 0.25) is 0 Å². The van der Waals surface area contributed by atoms with Gasteiger partial charge in [-0.1, -0.05) is 5.16 Å². The van der Waals surface area contributed by atoms with E-state index in [9.17, 15) is 9.59 Å². The van der Waals surface area contributed by atoms with Crippen LogP contribution in [0.3, 0.4) is 0 Å². The molecule has 2 aromatic heterocycles. The molecule has 1 saturated carbocycles. The number of hydrogen-bond acceptors (Lipinski definition) is 6. The maximum atomic E-state index is 12.3. The zero-order valence-electron chi connectivity index (χ0n) is 12.7. The van der Waals surface area contributed by atoms with Gasteiger partial charge in [0.15, 0.2) is 5.69 Å². The van der Waals surface area contributed by atoms with Crippen LogP contribution in [0.5, 0.6) is 5.75 Å². The third-order valence-electron chi connectivity index (χ3n) is 4.03. The number of amides is 1. The quantitative estimate of drug-likeness (QED) is 0.853. The van der Waals surface area contributed by atoms with Crippen LogP contribution in [0.1, 0.15) is 40.8 Å². The maximum Gasteiger partial charge on any atom is 0.339 e. The Hall–Kier alpha value is -2.57. The number of rotatable bonds is 4. The highest BCUT2D eigenvalue weighted by molar-refractivity contribution is 5.92. The minimum Gasteiger partial charge on any atom is -0.486 e. The number of aryl methyl sites for hydroxylation is 1. The lowest BCUT2D eigenvalue weighted by atomic mass is 10.1. The van der Waals surface area contributed by atoms with Crippen LogP contribution >= 0.6 is 0 Å². The van der Waals surface area contributed by atoms with E-state index in [-0.39, 0.29) is 12.0 Å². The Bertz CT molecular complexity index is 799. The third-order valence-corrected chi connectivity index (χ3v) is 4.03. The van der Waals surface area contributed by atoms with Crippen LogP contribution in [-0.4, -0.2) is 35.2 Å². The Morgan fingerprint density at radius 2 is 2.09 bits per heavy atom. The summed E-state index contributed by atoms with van der Waals surface area (Å²) in [5.74, 6) is 2.05. The monoisotopic (exact) mass is 316 g/mol. The number of carbonyl (C=O) groups excluding carboxylic acids is 1. The van der Waals surface area contributed by atoms with Gasteiger partial charge in [0.05, 0.1) is 19.2 Å². The average Bonchev–Trinajstić information content (AvgIpc) is 3.18. The van der Waals surface area contributed by atoms with Crippen molar-refractivity contribution in [3.8, 4) is 5.75 Å². The van der Waals surface area contributed by atoms with E-state index in [0.29, 0.717) is 36.2 Å². The lowest BCUT2D eigenvalue weighted by molar-refractivity contribution is 0.0167. The van der Waals surface area contributed by atoms with Gasteiger partial charge in [-0.05, 0) is 19.8 Å². The molecule has 0 aromatic carbocycles. The van der Waals surface area contributed by atoms with E-state index in [2.05, 4.69) is 5.16 Å². The summed E-state index contributed by atoms with van der Waals surface area (Å²) in [6, 6.07) is 4.70. The molecule has 3 heterocycles. The van der Waals surface area contributed by atoms with Crippen molar-refractivity contribution in [2.24, 2.45) is 0 Å². The Balaban J connectivity index is 1.35. The molecule has 23 heavy (non-hydrogen) atoms. The Labute approximate surface area is 131 Å². The van der Waals surface area contributed by atoms with Gasteiger partial charge in [-0.3, -0.25) is 4.79 Å². The van der Waals surface area contributed by atoms with E-state index in [4.69, 9.17) is 13.7 Å². The number of nitrogens with zero attached hydrogens (tertiary/aromatic N) is 2. The molecule has 2 fully saturated rings. The normalized spacial score (nSPS) is 17.9. The SMILES string of the molecule is Cc1cc(OC2CN(C(=O)c3cc(C4CC4)on3)C2)cc(=O)o1. The molecule has 2 aliphatic rings. The van der Waals surface area contributed by atoms with Gasteiger partial charge in [0.25, 0.3) is 5.91 Å². The molecule has 1 aliphatic carbocycles. The predicted octanol–water partition coefficient (Wildman–Crippen LogP) is 1.72. The second kappa shape index (κ2) is 5.26. The number of likely N-dealkylation sites (tertiary alicyclic amines) is 1. The summed E-state index contributed by atoms with van der Waals surface area (Å²) in [5, 5.41) is 3.85. The highest BCUT2D eigenvalue weighted by Gasteiger charge is 2.35. The highest BCUT2D eigenvalue weighted by Crippen LogP contribution is 2.40. The van der Waals surface area contributed by atoms with Crippen molar-refractivity contribution in [2.45, 2.75) is 31.8 Å². The van der Waals surface area contributed by atoms with Crippen LogP contribution < -0.4 is 10.4 Å². The maximum absolute atomic E-state index is 12.3. The van der Waals surface area contributed by atoms with Crippen molar-refractivity contribution in [3.05, 3.63) is 45.8 Å². The fourth-order valence-corrected chi connectivity index (χ4v) is 2.63. The molecule has 0 N–H and O–H groups in total. The highest BCUT2D eigenvalue weighted by atomic mass is 16.5. The lowest BCUT2D eigenvalue weighted by Crippen LogP contribution is -2.56. The molecule has 0 atom stereocenters. The first-order valence-electron chi connectivity index (χ1n) is 7.63. The first-order chi connectivity index (χ1) is 11.1. The van der Waals surface area contributed by atoms with Crippen LogP contribution in [0.2, 0.25) is 0 Å². The molecule has 0 bridgehead atoms. The van der Waals surface area contributed by atoms with E-state index >= 15 is 0 Å². The standard InChI is InChI=1S/C16H16N2O5/c1-9-4-11(5-15(19)21-9)22-12-7-18(8-12)16(20)13-6-14(23-17-13)10-2-3-10/h4-6,10,12H,2-3,7-8H2,1H3. The minimum absolute atomic E-state index is 0.130. The van der Waals surface area contributed by atoms with Crippen LogP contribution in [0.15, 0.2) is 31.9 Å². The largest absolute Gasteiger partial charge is 0.486 e. The van der Waals surface area contributed by atoms with Gasteiger partial charge in [-0.2, -0.15) is 0 Å². The fourth-order valence-electron chi connectivity index (χ4n) is 2.63. The summed E-state index contributed by atoms with van der Waals surface area (Å²) >= 11 is 0. The molecule has 0 spiro atoms. The molecule has 1 amide bonds. The summed E-state index contributed by atoms with van der Waals surface area (Å²) in [6.45, 7) is 2.61. The van der Waals surface area contributed by atoms with Crippen LogP contribution in [0, 0.1) is 6.92 Å². The van der Waals surface area contributed by atoms with Crippen molar-refractivity contribution >= 4 is 5.91 Å². The van der Waals surface area contributed by atoms with E-state index in [1.54, 1.807) is 24.0 Å². The zero-order chi connectivity index (χ0) is 16.0. The van der Waals surface area contributed by atoms with Gasteiger partial charge in [0.1, 0.15) is 23.4 Å². The van der Waals surface area contributed by atoms with Gasteiger partial charge in [0, 0.05) is 18.1 Å². The van der Waals surface area contributed by atoms with Crippen molar-refractivity contribution in [2.75, 3.05) is 13.1 Å². The second-order valence-corrected chi connectivity index (χ2v) is 6.06. The smallest absolute Gasteiger partial charge is 0.339 e. The summed E-state index contributed by atoms with van der Waals surface area (Å²) in [6.07, 6.45) is 2.08. The Kier molecular flexibility index (Phi) is 3.21. The van der Waals surface area contributed by atoms with Gasteiger partial charge in [-0.15, -0.1) is 0 Å². The minimum atomic E-state index is -0.442. The number of aromatic nitrogens is 1. The van der Waals surface area contributed by atoms with E-state index in [1.807, 2.05) is 0 Å². The van der Waals surface area contributed by atoms with Crippen LogP contribution in [0.25, 0.3) is 0 Å². The van der Waals surface area contributed by atoms with Crippen molar-refractivity contribution in [1.29, 1.82) is 0 Å². The molecule has 2 aromatic rings. The molecule has 7 heteroatoms. The van der Waals surface area contributed by atoms with Crippen molar-refractivity contribution in [1.82, 2.24) is 10.1 Å². The van der Waals surface area contributed by atoms with E-state index in [1.165, 1.54) is 6.07 Å². The summed E-state index contributed by atoms with van der Waals surface area (Å²) in [4.78, 5) is 25.2. The Morgan fingerprint density at radius 1 is 1.30 bits per heavy atom. The molecule has 0 unspecified atom stereocenters. The predicted molar refractivity (Wildman–Crippen MR) is 78.5 cm³/mol. The Morgan fingerprint density at radius 3 is 2.78 bits per heavy atom. The van der Waals surface area contributed by atoms with Crippen molar-refractivity contribution < 1.29 is 18.5 Å². The van der Waals surface area contributed by atoms with Crippen molar-refractivity contribution in [3.63, 3.8) is 0 Å². The van der Waals surface area contributed by atoms with Gasteiger partial charge >= 0.3 is 5.63 Å². The molecule has 1 saturated heterocycles. The number of carbonyl (C=O) groups is 1. The second-order valence-electron chi connectivity index (χ2n) is 6.06. The molecule has 7 nitrogen and oxygen atoms in total. The molecule has 1 aliphatic heterocycles. The number of hydrogen-bond donors (Lipinski definition) is 0. The van der Waals surface area contributed by atoms with Crippen LogP contribution in [-0.2, 0) is 0 Å². The summed E-state index contributed by atoms with van der Waals surface area (Å²) < 4.78 is 15.8. The zero-order valence-corrected chi connectivity index (χ0v) is 12.7. The molecule has 0 radical (unpaired) electrons. The molecule has 4 rings (SSSR count). The van der Waals surface area contributed by atoms with E-state index < -0.39 is 5.63 Å². The topological polar surface area (TPSA) is 85.8 Å². The average molecular weight is 316 g/mol. The molecular weight excluding hydrogens is 300 g/mol. The summed E-state index contributed by atoms with van der Waals surface area (Å²) in [7, 11) is 0. The number of ether oxygens (including phenoxy) is 1. The summed E-state index contributed by atoms with van der Waals surface area (Å²) in [5.41, 5.74) is -0.0935. The molecule has 120 valence electrons. The first kappa shape index (κ1) is 14.0.